The number of carboxylic acids is 1. The number of anilines is 1. The van der Waals surface area contributed by atoms with Crippen molar-refractivity contribution in [1.29, 1.82) is 0 Å². The van der Waals surface area contributed by atoms with Crippen molar-refractivity contribution >= 4 is 38.5 Å². The van der Waals surface area contributed by atoms with Crippen LogP contribution in [0.5, 0.6) is 0 Å². The lowest BCUT2D eigenvalue weighted by atomic mass is 10.2. The number of likely N-dealkylation sites (N-methyl/N-ethyl adjacent to an activating group) is 2. The molecular weight excluding hydrogens is 320 g/mol. The number of likely N-dealkylation sites (tertiary alicyclic amines) is 1. The smallest absolute Gasteiger partial charge is 0.351 e. The van der Waals surface area contributed by atoms with E-state index in [-0.39, 0.29) is 11.9 Å². The van der Waals surface area contributed by atoms with Gasteiger partial charge in [-0.1, -0.05) is 0 Å². The van der Waals surface area contributed by atoms with Crippen LogP contribution in [-0.2, 0) is 4.79 Å². The van der Waals surface area contributed by atoms with Crippen LogP contribution in [0.1, 0.15) is 23.2 Å². The van der Waals surface area contributed by atoms with Gasteiger partial charge in [-0.15, -0.1) is 11.3 Å². The summed E-state index contributed by atoms with van der Waals surface area (Å²) < 4.78 is 5.56. The van der Waals surface area contributed by atoms with Crippen molar-refractivity contribution in [2.45, 2.75) is 18.9 Å². The molecule has 0 aromatic carbocycles. The minimum Gasteiger partial charge on any atom is -0.477 e. The molecule has 1 aliphatic rings. The maximum atomic E-state index is 12.6. The van der Waals surface area contributed by atoms with E-state index < -0.39 is 17.2 Å². The summed E-state index contributed by atoms with van der Waals surface area (Å²) in [6.45, 7) is 0.896. The van der Waals surface area contributed by atoms with Crippen LogP contribution in [0.3, 0.4) is 0 Å². The molecule has 1 N–H and O–H groups in total. The minimum atomic E-state index is -1.33. The molecule has 1 saturated heterocycles. The van der Waals surface area contributed by atoms with Gasteiger partial charge in [0, 0.05) is 13.1 Å². The number of hydrogen-bond donors (Lipinski definition) is 1. The van der Waals surface area contributed by atoms with Gasteiger partial charge in [-0.3, -0.25) is 9.69 Å². The molecule has 1 aliphatic heterocycles. The van der Waals surface area contributed by atoms with E-state index in [0.29, 0.717) is 15.3 Å². The van der Waals surface area contributed by atoms with Crippen LogP contribution in [0.2, 0.25) is 0 Å². The molecule has 0 spiro atoms. The minimum absolute atomic E-state index is 0.0163. The molecule has 2 aromatic rings. The Hall–Kier alpha value is -2.19. The lowest BCUT2D eigenvalue weighted by Crippen LogP contribution is -2.42. The highest BCUT2D eigenvalue weighted by atomic mass is 32.1. The second-order valence-corrected chi connectivity index (χ2v) is 6.66. The second kappa shape index (κ2) is 5.78. The van der Waals surface area contributed by atoms with Crippen LogP contribution in [0.25, 0.3) is 10.3 Å². The number of amides is 1. The summed E-state index contributed by atoms with van der Waals surface area (Å²) in [4.78, 5) is 38.8. The van der Waals surface area contributed by atoms with Gasteiger partial charge < -0.3 is 14.4 Å². The molecule has 3 heterocycles. The molecule has 1 atom stereocenters. The summed E-state index contributed by atoms with van der Waals surface area (Å²) >= 11 is 1.22. The van der Waals surface area contributed by atoms with Crippen LogP contribution < -0.4 is 10.5 Å². The van der Waals surface area contributed by atoms with E-state index in [2.05, 4.69) is 0 Å². The number of thiophene rings is 1. The summed E-state index contributed by atoms with van der Waals surface area (Å²) in [5.74, 6) is -1.34. The van der Waals surface area contributed by atoms with Crippen molar-refractivity contribution in [3.8, 4) is 0 Å². The van der Waals surface area contributed by atoms with Crippen molar-refractivity contribution in [3.05, 3.63) is 28.1 Å². The van der Waals surface area contributed by atoms with Crippen LogP contribution in [0, 0.1) is 0 Å². The van der Waals surface area contributed by atoms with Crippen molar-refractivity contribution in [1.82, 2.24) is 4.90 Å². The lowest BCUT2D eigenvalue weighted by Gasteiger charge is -2.24. The Labute approximate surface area is 135 Å². The summed E-state index contributed by atoms with van der Waals surface area (Å²) in [5, 5.41) is 9.60. The Morgan fingerprint density at radius 2 is 2.17 bits per heavy atom. The average Bonchev–Trinajstić information content (AvgIpc) is 3.10. The van der Waals surface area contributed by atoms with Gasteiger partial charge >= 0.3 is 11.6 Å². The molecule has 0 aliphatic carbocycles. The Balaban J connectivity index is 1.95. The molecule has 3 rings (SSSR count). The number of fused-ring (bicyclic) bond motifs is 1. The van der Waals surface area contributed by atoms with Gasteiger partial charge in [0.1, 0.15) is 10.6 Å². The van der Waals surface area contributed by atoms with Gasteiger partial charge in [0.15, 0.2) is 5.58 Å². The molecule has 23 heavy (non-hydrogen) atoms. The molecule has 0 bridgehead atoms. The van der Waals surface area contributed by atoms with E-state index in [1.54, 1.807) is 13.1 Å². The fraction of sp³-hybridized carbons (Fsp3) is 0.400. The summed E-state index contributed by atoms with van der Waals surface area (Å²) in [7, 11) is 3.60. The monoisotopic (exact) mass is 336 g/mol. The molecule has 7 nitrogen and oxygen atoms in total. The topological polar surface area (TPSA) is 91.1 Å². The Morgan fingerprint density at radius 1 is 1.43 bits per heavy atom. The number of hydrogen-bond acceptors (Lipinski definition) is 6. The van der Waals surface area contributed by atoms with Crippen molar-refractivity contribution in [2.75, 3.05) is 25.5 Å². The van der Waals surface area contributed by atoms with E-state index in [4.69, 9.17) is 9.52 Å². The first-order valence-corrected chi connectivity index (χ1v) is 7.99. The number of nitrogens with zero attached hydrogens (tertiary/aromatic N) is 2. The van der Waals surface area contributed by atoms with Crippen LogP contribution in [0.4, 0.5) is 5.00 Å². The van der Waals surface area contributed by atoms with E-state index in [1.807, 2.05) is 11.9 Å². The van der Waals surface area contributed by atoms with Crippen molar-refractivity contribution in [3.63, 3.8) is 0 Å². The highest BCUT2D eigenvalue weighted by Crippen LogP contribution is 2.33. The third-order valence-corrected chi connectivity index (χ3v) is 5.25. The van der Waals surface area contributed by atoms with Crippen LogP contribution in [-0.4, -0.2) is 48.6 Å². The summed E-state index contributed by atoms with van der Waals surface area (Å²) in [6.07, 6.45) is 1.81. The SMILES string of the molecule is CN(C(=O)C1CCCN1C)c1cc2oc(=O)c(C(=O)O)cc2s1. The number of carbonyl (C=O) groups is 2. The van der Waals surface area contributed by atoms with Crippen molar-refractivity contribution < 1.29 is 19.1 Å². The largest absolute Gasteiger partial charge is 0.477 e. The van der Waals surface area contributed by atoms with E-state index in [0.717, 1.165) is 19.4 Å². The molecule has 0 radical (unpaired) electrons. The Morgan fingerprint density at radius 3 is 2.78 bits per heavy atom. The number of aromatic carboxylic acids is 1. The lowest BCUT2D eigenvalue weighted by molar-refractivity contribution is -0.122. The van der Waals surface area contributed by atoms with E-state index >= 15 is 0 Å². The first kappa shape index (κ1) is 15.7. The average molecular weight is 336 g/mol. The maximum absolute atomic E-state index is 12.6. The quantitative estimate of drug-likeness (QED) is 0.916. The highest BCUT2D eigenvalue weighted by Gasteiger charge is 2.31. The van der Waals surface area contributed by atoms with Crippen molar-refractivity contribution in [2.24, 2.45) is 0 Å². The molecule has 1 amide bonds. The molecule has 2 aromatic heterocycles. The van der Waals surface area contributed by atoms with Gasteiger partial charge in [-0.05, 0) is 32.5 Å². The highest BCUT2D eigenvalue weighted by molar-refractivity contribution is 7.22. The van der Waals surface area contributed by atoms with E-state index in [1.165, 1.54) is 22.3 Å². The van der Waals surface area contributed by atoms with Gasteiger partial charge in [-0.25, -0.2) is 9.59 Å². The molecular formula is C15H16N2O5S. The van der Waals surface area contributed by atoms with Gasteiger partial charge in [-0.2, -0.15) is 0 Å². The molecule has 1 unspecified atom stereocenters. The first-order valence-electron chi connectivity index (χ1n) is 7.17. The van der Waals surface area contributed by atoms with Crippen LogP contribution >= 0.6 is 11.3 Å². The number of rotatable bonds is 3. The molecule has 0 saturated carbocycles. The predicted molar refractivity (Wildman–Crippen MR) is 86.4 cm³/mol. The standard InChI is InChI=1S/C15H16N2O5S/c1-16-5-3-4-9(16)13(18)17(2)12-7-10-11(23-12)6-8(14(19)20)15(21)22-10/h6-7,9H,3-5H2,1-2H3,(H,19,20). The Kier molecular flexibility index (Phi) is 3.95. The summed E-state index contributed by atoms with van der Waals surface area (Å²) in [6, 6.07) is 2.74. The fourth-order valence-corrected chi connectivity index (χ4v) is 3.77. The number of carbonyl (C=O) groups excluding carboxylic acids is 1. The Bertz CT molecular complexity index is 840. The molecule has 122 valence electrons. The predicted octanol–water partition coefficient (Wildman–Crippen LogP) is 1.61. The van der Waals surface area contributed by atoms with Gasteiger partial charge in [0.2, 0.25) is 5.91 Å². The van der Waals surface area contributed by atoms with Crippen LogP contribution in [0.15, 0.2) is 21.3 Å². The molecule has 1 fully saturated rings. The summed E-state index contributed by atoms with van der Waals surface area (Å²) in [5.41, 5.74) is -1.01. The fourth-order valence-electron chi connectivity index (χ4n) is 2.77. The zero-order valence-electron chi connectivity index (χ0n) is 12.7. The normalized spacial score (nSPS) is 18.4. The second-order valence-electron chi connectivity index (χ2n) is 5.60. The first-order chi connectivity index (χ1) is 10.9. The zero-order valence-corrected chi connectivity index (χ0v) is 13.6. The number of carboxylic acid groups (broad SMARTS) is 1. The van der Waals surface area contributed by atoms with Gasteiger partial charge in [0.05, 0.1) is 10.7 Å². The maximum Gasteiger partial charge on any atom is 0.351 e. The third-order valence-electron chi connectivity index (χ3n) is 4.11. The zero-order chi connectivity index (χ0) is 16.7. The van der Waals surface area contributed by atoms with E-state index in [9.17, 15) is 14.4 Å². The third kappa shape index (κ3) is 2.75. The van der Waals surface area contributed by atoms with Gasteiger partial charge in [0.25, 0.3) is 0 Å². The molecule has 8 heteroatoms.